The number of rotatable bonds is 4. The van der Waals surface area contributed by atoms with Gasteiger partial charge in [0.25, 0.3) is 5.56 Å². The van der Waals surface area contributed by atoms with Gasteiger partial charge in [0.15, 0.2) is 5.16 Å². The zero-order valence-corrected chi connectivity index (χ0v) is 11.6. The molecule has 3 N–H and O–H groups in total. The van der Waals surface area contributed by atoms with Crippen LogP contribution in [0.5, 0.6) is 0 Å². The van der Waals surface area contributed by atoms with Crippen LogP contribution < -0.4 is 11.3 Å². The van der Waals surface area contributed by atoms with Gasteiger partial charge in [0.1, 0.15) is 0 Å². The third kappa shape index (κ3) is 3.59. The predicted molar refractivity (Wildman–Crippen MR) is 74.7 cm³/mol. The lowest BCUT2D eigenvalue weighted by Gasteiger charge is -2.33. The molecule has 0 saturated heterocycles. The molecule has 2 rings (SSSR count). The summed E-state index contributed by atoms with van der Waals surface area (Å²) in [5.41, 5.74) is 6.09. The van der Waals surface area contributed by atoms with Crippen LogP contribution in [-0.2, 0) is 0 Å². The van der Waals surface area contributed by atoms with Crippen molar-refractivity contribution in [1.29, 1.82) is 0 Å². The van der Waals surface area contributed by atoms with Crippen molar-refractivity contribution in [1.82, 2.24) is 9.97 Å². The summed E-state index contributed by atoms with van der Waals surface area (Å²) in [6, 6.07) is 1.65. The molecule has 0 aliphatic heterocycles. The second-order valence-electron chi connectivity index (χ2n) is 5.03. The maximum atomic E-state index is 11.2. The number of nitrogens with zero attached hydrogens (tertiary/aromatic N) is 1. The van der Waals surface area contributed by atoms with E-state index in [0.29, 0.717) is 10.4 Å². The smallest absolute Gasteiger partial charge is 0.251 e. The van der Waals surface area contributed by atoms with Crippen molar-refractivity contribution in [2.24, 2.45) is 11.7 Å². The van der Waals surface area contributed by atoms with Crippen LogP contribution in [0.15, 0.2) is 22.2 Å². The number of nitrogens with one attached hydrogen (secondary N) is 1. The normalized spacial score (nSPS) is 28.2. The van der Waals surface area contributed by atoms with E-state index in [1.165, 1.54) is 25.3 Å². The van der Waals surface area contributed by atoms with E-state index in [0.717, 1.165) is 18.8 Å². The summed E-state index contributed by atoms with van der Waals surface area (Å²) in [6.45, 7) is 2.23. The van der Waals surface area contributed by atoms with Crippen LogP contribution in [-0.4, -0.2) is 21.3 Å². The summed E-state index contributed by atoms with van der Waals surface area (Å²) >= 11 is 1.62. The molecular formula is C13H21N3OS. The van der Waals surface area contributed by atoms with E-state index in [-0.39, 0.29) is 11.6 Å². The van der Waals surface area contributed by atoms with Crippen LogP contribution in [0.1, 0.15) is 39.0 Å². The molecule has 0 spiro atoms. The van der Waals surface area contributed by atoms with Gasteiger partial charge < -0.3 is 10.7 Å². The van der Waals surface area contributed by atoms with Crippen molar-refractivity contribution in [2.45, 2.75) is 55.5 Å². The van der Waals surface area contributed by atoms with Gasteiger partial charge in [-0.1, -0.05) is 31.5 Å². The highest BCUT2D eigenvalue weighted by Gasteiger charge is 2.28. The molecule has 1 aromatic heterocycles. The fourth-order valence-corrected chi connectivity index (χ4v) is 3.84. The average Bonchev–Trinajstić information content (AvgIpc) is 2.34. The van der Waals surface area contributed by atoms with Crippen LogP contribution in [0, 0.1) is 5.92 Å². The molecule has 4 nitrogen and oxygen atoms in total. The van der Waals surface area contributed by atoms with Gasteiger partial charge in [-0.25, -0.2) is 4.98 Å². The Balaban J connectivity index is 2.00. The minimum Gasteiger partial charge on any atom is -0.327 e. The van der Waals surface area contributed by atoms with Gasteiger partial charge in [-0.2, -0.15) is 0 Å². The number of nitrogens with two attached hydrogens (primary N) is 1. The summed E-state index contributed by atoms with van der Waals surface area (Å²) in [5, 5.41) is 1.07. The molecule has 0 aromatic carbocycles. The molecule has 1 fully saturated rings. The average molecular weight is 267 g/mol. The van der Waals surface area contributed by atoms with Crippen LogP contribution >= 0.6 is 11.8 Å². The lowest BCUT2D eigenvalue weighted by atomic mass is 9.83. The van der Waals surface area contributed by atoms with E-state index in [1.807, 2.05) is 0 Å². The first-order valence-corrected chi connectivity index (χ1v) is 7.54. The van der Waals surface area contributed by atoms with Crippen molar-refractivity contribution < 1.29 is 0 Å². The highest BCUT2D eigenvalue weighted by Crippen LogP contribution is 2.35. The Kier molecular flexibility index (Phi) is 4.83. The minimum atomic E-state index is -0.0954. The Morgan fingerprint density at radius 1 is 1.56 bits per heavy atom. The van der Waals surface area contributed by atoms with Crippen molar-refractivity contribution in [3.63, 3.8) is 0 Å². The third-order valence-corrected chi connectivity index (χ3v) is 4.83. The highest BCUT2D eigenvalue weighted by molar-refractivity contribution is 7.99. The second-order valence-corrected chi connectivity index (χ2v) is 6.26. The minimum absolute atomic E-state index is 0.0954. The monoisotopic (exact) mass is 267 g/mol. The maximum absolute atomic E-state index is 11.2. The molecule has 1 saturated carbocycles. The van der Waals surface area contributed by atoms with Crippen LogP contribution in [0.4, 0.5) is 0 Å². The van der Waals surface area contributed by atoms with Gasteiger partial charge in [-0.15, -0.1) is 0 Å². The molecule has 0 amide bonds. The lowest BCUT2D eigenvalue weighted by molar-refractivity contribution is 0.316. The van der Waals surface area contributed by atoms with Gasteiger partial charge in [-0.3, -0.25) is 4.79 Å². The predicted octanol–water partition coefficient (Wildman–Crippen LogP) is 2.16. The first-order valence-electron chi connectivity index (χ1n) is 6.66. The second kappa shape index (κ2) is 6.38. The van der Waals surface area contributed by atoms with Crippen LogP contribution in [0.25, 0.3) is 0 Å². The van der Waals surface area contributed by atoms with E-state index in [1.54, 1.807) is 18.0 Å². The highest BCUT2D eigenvalue weighted by atomic mass is 32.2. The van der Waals surface area contributed by atoms with Crippen molar-refractivity contribution in [2.75, 3.05) is 0 Å². The number of hydrogen-bond donors (Lipinski definition) is 2. The van der Waals surface area contributed by atoms with Gasteiger partial charge >= 0.3 is 0 Å². The van der Waals surface area contributed by atoms with Crippen molar-refractivity contribution in [3.8, 4) is 0 Å². The topological polar surface area (TPSA) is 71.8 Å². The first kappa shape index (κ1) is 13.6. The van der Waals surface area contributed by atoms with Crippen molar-refractivity contribution in [3.05, 3.63) is 22.6 Å². The van der Waals surface area contributed by atoms with E-state index in [9.17, 15) is 4.79 Å². The van der Waals surface area contributed by atoms with E-state index in [2.05, 4.69) is 16.9 Å². The Morgan fingerprint density at radius 3 is 3.11 bits per heavy atom. The first-order chi connectivity index (χ1) is 8.69. The van der Waals surface area contributed by atoms with E-state index >= 15 is 0 Å². The molecule has 3 unspecified atom stereocenters. The molecule has 5 heteroatoms. The van der Waals surface area contributed by atoms with Gasteiger partial charge in [0.2, 0.25) is 0 Å². The summed E-state index contributed by atoms with van der Waals surface area (Å²) in [6.07, 6.45) is 7.53. The molecule has 1 aliphatic carbocycles. The number of aromatic nitrogens is 2. The molecule has 0 bridgehead atoms. The zero-order chi connectivity index (χ0) is 13.0. The number of thioether (sulfide) groups is 1. The molecule has 1 aromatic rings. The zero-order valence-electron chi connectivity index (χ0n) is 10.8. The fraction of sp³-hybridized carbons (Fsp3) is 0.692. The van der Waals surface area contributed by atoms with Gasteiger partial charge in [0, 0.05) is 23.6 Å². The molecule has 18 heavy (non-hydrogen) atoms. The lowest BCUT2D eigenvalue weighted by Crippen LogP contribution is -2.38. The Labute approximate surface area is 112 Å². The number of hydrogen-bond acceptors (Lipinski definition) is 4. The molecule has 0 radical (unpaired) electrons. The van der Waals surface area contributed by atoms with Crippen molar-refractivity contribution >= 4 is 11.8 Å². The third-order valence-electron chi connectivity index (χ3n) is 3.56. The molecule has 1 aliphatic rings. The van der Waals surface area contributed by atoms with E-state index in [4.69, 9.17) is 5.73 Å². The van der Waals surface area contributed by atoms with Gasteiger partial charge in [-0.05, 0) is 25.2 Å². The Morgan fingerprint density at radius 2 is 2.39 bits per heavy atom. The number of aromatic amines is 1. The SMILES string of the molecule is CCCC1CCC(N)C(Sc2nccc(=O)[nH]2)C1. The summed E-state index contributed by atoms with van der Waals surface area (Å²) < 4.78 is 0. The molecule has 100 valence electrons. The van der Waals surface area contributed by atoms with Gasteiger partial charge in [0.05, 0.1) is 0 Å². The summed E-state index contributed by atoms with van der Waals surface area (Å²) in [4.78, 5) is 18.2. The number of H-pyrrole nitrogens is 1. The van der Waals surface area contributed by atoms with E-state index < -0.39 is 0 Å². The summed E-state index contributed by atoms with van der Waals surface area (Å²) in [7, 11) is 0. The molecule has 3 atom stereocenters. The standard InChI is InChI=1S/C13H21N3OS/c1-2-3-9-4-5-10(14)11(8-9)18-13-15-7-6-12(17)16-13/h6-7,9-11H,2-5,8,14H2,1H3,(H,15,16,17). The molecular weight excluding hydrogens is 246 g/mol. The quantitative estimate of drug-likeness (QED) is 0.820. The maximum Gasteiger partial charge on any atom is 0.251 e. The Bertz CT molecular complexity index is 434. The molecule has 1 heterocycles. The van der Waals surface area contributed by atoms with Crippen LogP contribution in [0.3, 0.4) is 0 Å². The fourth-order valence-electron chi connectivity index (χ4n) is 2.60. The Hall–Kier alpha value is -0.810. The van der Waals surface area contributed by atoms with Crippen LogP contribution in [0.2, 0.25) is 0 Å². The summed E-state index contributed by atoms with van der Waals surface area (Å²) in [5.74, 6) is 0.780. The largest absolute Gasteiger partial charge is 0.327 e.